The number of rotatable bonds is 4. The zero-order chi connectivity index (χ0) is 15.5. The van der Waals surface area contributed by atoms with Crippen LogP contribution in [0.1, 0.15) is 25.3 Å². The van der Waals surface area contributed by atoms with Gasteiger partial charge in [-0.2, -0.15) is 0 Å². The Morgan fingerprint density at radius 3 is 2.81 bits per heavy atom. The fourth-order valence-corrected chi connectivity index (χ4v) is 4.51. The van der Waals surface area contributed by atoms with Crippen LogP contribution in [-0.2, 0) is 19.4 Å². The molecule has 1 aliphatic rings. The Balaban J connectivity index is 2.34. The summed E-state index contributed by atoms with van der Waals surface area (Å²) in [6.45, 7) is 3.89. The van der Waals surface area contributed by atoms with Gasteiger partial charge in [0.25, 0.3) is 0 Å². The first kappa shape index (κ1) is 15.8. The molecule has 0 saturated carbocycles. The Hall–Kier alpha value is -1.56. The van der Waals surface area contributed by atoms with E-state index in [4.69, 9.17) is 4.74 Å². The molecule has 1 saturated heterocycles. The highest BCUT2D eigenvalue weighted by Crippen LogP contribution is 2.29. The fourth-order valence-electron chi connectivity index (χ4n) is 2.69. The first-order chi connectivity index (χ1) is 9.87. The van der Waals surface area contributed by atoms with Gasteiger partial charge in [0.15, 0.2) is 9.84 Å². The van der Waals surface area contributed by atoms with Gasteiger partial charge in [0.1, 0.15) is 5.54 Å². The molecule has 116 valence electrons. The number of nitrogens with one attached hydrogen (secondary N) is 1. The number of aryl methyl sites for hydroxylation is 1. The van der Waals surface area contributed by atoms with Gasteiger partial charge in [0, 0.05) is 5.69 Å². The van der Waals surface area contributed by atoms with E-state index in [0.717, 1.165) is 11.3 Å². The second-order valence-electron chi connectivity index (χ2n) is 5.49. The largest absolute Gasteiger partial charge is 0.464 e. The van der Waals surface area contributed by atoms with Crippen LogP contribution in [0.4, 0.5) is 5.69 Å². The van der Waals surface area contributed by atoms with Crippen LogP contribution in [0.15, 0.2) is 24.3 Å². The van der Waals surface area contributed by atoms with E-state index in [2.05, 4.69) is 5.32 Å². The van der Waals surface area contributed by atoms with E-state index in [9.17, 15) is 13.2 Å². The van der Waals surface area contributed by atoms with Crippen LogP contribution in [0, 0.1) is 6.92 Å². The SMILES string of the molecule is CCOC(=O)C1(Nc2cccc(C)c2)CCCS(=O)(=O)C1. The van der Waals surface area contributed by atoms with Gasteiger partial charge in [-0.15, -0.1) is 0 Å². The number of hydrogen-bond donors (Lipinski definition) is 1. The number of esters is 1. The van der Waals surface area contributed by atoms with E-state index in [0.29, 0.717) is 12.8 Å². The standard InChI is InChI=1S/C15H21NO4S/c1-3-20-14(17)15(8-5-9-21(18,19)11-15)16-13-7-4-6-12(2)10-13/h4,6-7,10,16H,3,5,8-9,11H2,1-2H3. The summed E-state index contributed by atoms with van der Waals surface area (Å²) in [5, 5.41) is 3.12. The van der Waals surface area contributed by atoms with Crippen molar-refractivity contribution >= 4 is 21.5 Å². The van der Waals surface area contributed by atoms with E-state index >= 15 is 0 Å². The van der Waals surface area contributed by atoms with Crippen molar-refractivity contribution in [2.24, 2.45) is 0 Å². The normalized spacial score (nSPS) is 24.3. The molecule has 1 fully saturated rings. The molecule has 0 amide bonds. The lowest BCUT2D eigenvalue weighted by atomic mass is 9.94. The predicted molar refractivity (Wildman–Crippen MR) is 82.1 cm³/mol. The first-order valence-electron chi connectivity index (χ1n) is 7.09. The van der Waals surface area contributed by atoms with Crippen molar-refractivity contribution in [3.8, 4) is 0 Å². The topological polar surface area (TPSA) is 72.5 Å². The van der Waals surface area contributed by atoms with E-state index < -0.39 is 21.3 Å². The lowest BCUT2D eigenvalue weighted by Gasteiger charge is -2.36. The molecule has 6 heteroatoms. The molecule has 1 N–H and O–H groups in total. The number of sulfone groups is 1. The predicted octanol–water partition coefficient (Wildman–Crippen LogP) is 1.92. The van der Waals surface area contributed by atoms with E-state index in [1.54, 1.807) is 6.92 Å². The molecular formula is C15H21NO4S. The molecule has 0 bridgehead atoms. The summed E-state index contributed by atoms with van der Waals surface area (Å²) >= 11 is 0. The van der Waals surface area contributed by atoms with Gasteiger partial charge in [-0.25, -0.2) is 13.2 Å². The maximum Gasteiger partial charge on any atom is 0.332 e. The number of hydrogen-bond acceptors (Lipinski definition) is 5. The highest BCUT2D eigenvalue weighted by molar-refractivity contribution is 7.91. The summed E-state index contributed by atoms with van der Waals surface area (Å²) in [4.78, 5) is 12.3. The average Bonchev–Trinajstić information content (AvgIpc) is 2.37. The van der Waals surface area contributed by atoms with Gasteiger partial charge in [0.2, 0.25) is 0 Å². The van der Waals surface area contributed by atoms with Crippen LogP contribution in [0.25, 0.3) is 0 Å². The van der Waals surface area contributed by atoms with Crippen molar-refractivity contribution < 1.29 is 17.9 Å². The fraction of sp³-hybridized carbons (Fsp3) is 0.533. The lowest BCUT2D eigenvalue weighted by molar-refractivity contribution is -0.148. The molecule has 0 aliphatic carbocycles. The number of ether oxygens (including phenoxy) is 1. The third-order valence-electron chi connectivity index (χ3n) is 3.59. The minimum Gasteiger partial charge on any atom is -0.464 e. The summed E-state index contributed by atoms with van der Waals surface area (Å²) in [6.07, 6.45) is 0.916. The minimum absolute atomic E-state index is 0.129. The minimum atomic E-state index is -3.25. The van der Waals surface area contributed by atoms with Crippen molar-refractivity contribution in [3.63, 3.8) is 0 Å². The molecule has 5 nitrogen and oxygen atoms in total. The maximum absolute atomic E-state index is 12.3. The van der Waals surface area contributed by atoms with Gasteiger partial charge in [-0.3, -0.25) is 0 Å². The molecule has 1 atom stereocenters. The Morgan fingerprint density at radius 1 is 1.43 bits per heavy atom. The Bertz CT molecular complexity index is 626. The lowest BCUT2D eigenvalue weighted by Crippen LogP contribution is -2.55. The molecular weight excluding hydrogens is 290 g/mol. The van der Waals surface area contributed by atoms with Crippen molar-refractivity contribution in [1.82, 2.24) is 0 Å². The molecule has 21 heavy (non-hydrogen) atoms. The first-order valence-corrected chi connectivity index (χ1v) is 8.91. The molecule has 1 aliphatic heterocycles. The highest BCUT2D eigenvalue weighted by atomic mass is 32.2. The summed E-state index contributed by atoms with van der Waals surface area (Å²) in [7, 11) is -3.25. The molecule has 1 aromatic rings. The van der Waals surface area contributed by atoms with Gasteiger partial charge < -0.3 is 10.1 Å². The second kappa shape index (κ2) is 6.05. The summed E-state index contributed by atoms with van der Waals surface area (Å²) < 4.78 is 29.1. The molecule has 1 heterocycles. The molecule has 0 aromatic heterocycles. The smallest absolute Gasteiger partial charge is 0.332 e. The van der Waals surface area contributed by atoms with E-state index in [-0.39, 0.29) is 18.1 Å². The van der Waals surface area contributed by atoms with Crippen LogP contribution < -0.4 is 5.32 Å². The Labute approximate surface area is 125 Å². The number of benzene rings is 1. The molecule has 1 aromatic carbocycles. The third-order valence-corrected chi connectivity index (χ3v) is 5.44. The van der Waals surface area contributed by atoms with Crippen LogP contribution in [-0.4, -0.2) is 38.0 Å². The second-order valence-corrected chi connectivity index (χ2v) is 7.68. The molecule has 2 rings (SSSR count). The molecule has 0 spiro atoms. The molecule has 0 radical (unpaired) electrons. The Morgan fingerprint density at radius 2 is 2.19 bits per heavy atom. The summed E-state index contributed by atoms with van der Waals surface area (Å²) in [6, 6.07) is 7.53. The number of carbonyl (C=O) groups is 1. The van der Waals surface area contributed by atoms with Crippen LogP contribution in [0.3, 0.4) is 0 Å². The van der Waals surface area contributed by atoms with Gasteiger partial charge in [0.05, 0.1) is 18.1 Å². The van der Waals surface area contributed by atoms with Gasteiger partial charge >= 0.3 is 5.97 Å². The zero-order valence-electron chi connectivity index (χ0n) is 12.4. The van der Waals surface area contributed by atoms with Crippen molar-refractivity contribution in [2.75, 3.05) is 23.4 Å². The summed E-state index contributed by atoms with van der Waals surface area (Å²) in [5.41, 5.74) is 0.596. The average molecular weight is 311 g/mol. The Kier molecular flexibility index (Phi) is 4.56. The van der Waals surface area contributed by atoms with Gasteiger partial charge in [-0.05, 0) is 44.4 Å². The maximum atomic E-state index is 12.3. The number of anilines is 1. The van der Waals surface area contributed by atoms with E-state index in [1.165, 1.54) is 0 Å². The zero-order valence-corrected chi connectivity index (χ0v) is 13.2. The quantitative estimate of drug-likeness (QED) is 0.860. The van der Waals surface area contributed by atoms with Crippen LogP contribution in [0.2, 0.25) is 0 Å². The monoisotopic (exact) mass is 311 g/mol. The van der Waals surface area contributed by atoms with Gasteiger partial charge in [-0.1, -0.05) is 12.1 Å². The van der Waals surface area contributed by atoms with Crippen LogP contribution >= 0.6 is 0 Å². The third kappa shape index (κ3) is 3.75. The number of carbonyl (C=O) groups excluding carboxylic acids is 1. The van der Waals surface area contributed by atoms with Crippen molar-refractivity contribution in [3.05, 3.63) is 29.8 Å². The molecule has 1 unspecified atom stereocenters. The van der Waals surface area contributed by atoms with Crippen LogP contribution in [0.5, 0.6) is 0 Å². The summed E-state index contributed by atoms with van der Waals surface area (Å²) in [5.74, 6) is -0.578. The van der Waals surface area contributed by atoms with Crippen molar-refractivity contribution in [1.29, 1.82) is 0 Å². The van der Waals surface area contributed by atoms with Crippen molar-refractivity contribution in [2.45, 2.75) is 32.2 Å². The highest BCUT2D eigenvalue weighted by Gasteiger charge is 2.46. The van der Waals surface area contributed by atoms with E-state index in [1.807, 2.05) is 31.2 Å².